The lowest BCUT2D eigenvalue weighted by molar-refractivity contribution is 0.531. The van der Waals surface area contributed by atoms with Crippen molar-refractivity contribution < 1.29 is 0 Å². The summed E-state index contributed by atoms with van der Waals surface area (Å²) < 4.78 is 0. The predicted molar refractivity (Wildman–Crippen MR) is 247 cm³/mol. The van der Waals surface area contributed by atoms with Crippen LogP contribution in [-0.4, -0.2) is 19.9 Å². The molecule has 0 atom stereocenters. The third-order valence-electron chi connectivity index (χ3n) is 9.14. The molecule has 0 saturated heterocycles. The Balaban J connectivity index is 0.000000373. The highest BCUT2D eigenvalue weighted by atomic mass is 14.8. The molecule has 4 aromatic rings. The van der Waals surface area contributed by atoms with Crippen LogP contribution in [0.15, 0.2) is 72.8 Å². The molecular weight excluding hydrogens is 681 g/mol. The van der Waals surface area contributed by atoms with Gasteiger partial charge in [0.05, 0.1) is 0 Å². The van der Waals surface area contributed by atoms with Crippen LogP contribution in [0, 0.1) is 0 Å². The molecule has 312 valence electrons. The van der Waals surface area contributed by atoms with E-state index < -0.39 is 0 Å². The molecule has 0 saturated carbocycles. The highest BCUT2D eigenvalue weighted by molar-refractivity contribution is 5.24. The van der Waals surface area contributed by atoms with E-state index in [1.165, 1.54) is 45.6 Å². The van der Waals surface area contributed by atoms with Gasteiger partial charge in [-0.1, -0.05) is 190 Å². The van der Waals surface area contributed by atoms with E-state index in [-0.39, 0.29) is 43.3 Å². The number of aromatic nitrogens is 4. The monoisotopic (exact) mass is 765 g/mol. The molecule has 0 aliphatic rings. The third kappa shape index (κ3) is 17.4. The zero-order chi connectivity index (χ0) is 43.9. The maximum atomic E-state index is 4.72. The zero-order valence-corrected chi connectivity index (χ0v) is 40.7. The van der Waals surface area contributed by atoms with Crippen LogP contribution < -0.4 is 0 Å². The standard InChI is InChI=1S/4C13H21N/c4*1-12(2,3)10-8-7-9-11(14-10)13(4,5)6/h4*7-9H,1-6H3. The second-order valence-corrected chi connectivity index (χ2v) is 23.6. The predicted octanol–water partition coefficient (Wildman–Crippen LogP) is 14.7. The summed E-state index contributed by atoms with van der Waals surface area (Å²) in [5.41, 5.74) is 10.5. The van der Waals surface area contributed by atoms with E-state index in [1.54, 1.807) is 0 Å². The number of hydrogen-bond donors (Lipinski definition) is 0. The highest BCUT2D eigenvalue weighted by Gasteiger charge is 2.23. The summed E-state index contributed by atoms with van der Waals surface area (Å²) in [6.45, 7) is 52.7. The van der Waals surface area contributed by atoms with Crippen molar-refractivity contribution in [3.05, 3.63) is 118 Å². The summed E-state index contributed by atoms with van der Waals surface area (Å²) in [7, 11) is 0. The molecule has 4 heteroatoms. The average molecular weight is 765 g/mol. The molecule has 0 unspecified atom stereocenters. The van der Waals surface area contributed by atoms with E-state index >= 15 is 0 Å². The van der Waals surface area contributed by atoms with Crippen LogP contribution >= 0.6 is 0 Å². The molecule has 0 spiro atoms. The fourth-order valence-electron chi connectivity index (χ4n) is 5.08. The number of nitrogens with zero attached hydrogens (tertiary/aromatic N) is 4. The molecule has 56 heavy (non-hydrogen) atoms. The minimum atomic E-state index is 0.140. The first-order chi connectivity index (χ1) is 24.8. The van der Waals surface area contributed by atoms with Gasteiger partial charge in [-0.3, -0.25) is 19.9 Å². The molecule has 0 bridgehead atoms. The average Bonchev–Trinajstić information content (AvgIpc) is 3.03. The fourth-order valence-corrected chi connectivity index (χ4v) is 5.08. The lowest BCUT2D eigenvalue weighted by Crippen LogP contribution is -2.19. The smallest absolute Gasteiger partial charge is 0.0460 e. The van der Waals surface area contributed by atoms with Gasteiger partial charge in [-0.2, -0.15) is 0 Å². The molecule has 0 aliphatic heterocycles. The van der Waals surface area contributed by atoms with Gasteiger partial charge in [0.1, 0.15) is 0 Å². The summed E-state index contributed by atoms with van der Waals surface area (Å²) in [6.07, 6.45) is 0. The first-order valence-electron chi connectivity index (χ1n) is 20.8. The second kappa shape index (κ2) is 18.5. The maximum Gasteiger partial charge on any atom is 0.0460 e. The Kier molecular flexibility index (Phi) is 16.7. The van der Waals surface area contributed by atoms with Crippen LogP contribution in [0.2, 0.25) is 0 Å². The summed E-state index contributed by atoms with van der Waals surface area (Å²) in [5.74, 6) is 0. The molecule has 0 fully saturated rings. The van der Waals surface area contributed by atoms with E-state index in [2.05, 4.69) is 239 Å². The quantitative estimate of drug-likeness (QED) is 0.179. The van der Waals surface area contributed by atoms with Crippen LogP contribution in [0.4, 0.5) is 0 Å². The van der Waals surface area contributed by atoms with Gasteiger partial charge < -0.3 is 0 Å². The van der Waals surface area contributed by atoms with Crippen molar-refractivity contribution in [3.8, 4) is 0 Å². The van der Waals surface area contributed by atoms with Gasteiger partial charge in [0.2, 0.25) is 0 Å². The summed E-state index contributed by atoms with van der Waals surface area (Å²) in [5, 5.41) is 0. The lowest BCUT2D eigenvalue weighted by atomic mass is 9.88. The Hall–Kier alpha value is -3.40. The zero-order valence-electron chi connectivity index (χ0n) is 40.7. The molecule has 4 heterocycles. The number of rotatable bonds is 0. The SMILES string of the molecule is CC(C)(C)c1cccc(C(C)(C)C)n1.CC(C)(C)c1cccc(C(C)(C)C)n1.CC(C)(C)c1cccc(C(C)(C)C)n1.CC(C)(C)c1cccc(C(C)(C)C)n1. The van der Waals surface area contributed by atoms with E-state index in [4.69, 9.17) is 19.9 Å². The second-order valence-electron chi connectivity index (χ2n) is 23.6. The van der Waals surface area contributed by atoms with Crippen LogP contribution in [0.25, 0.3) is 0 Å². The van der Waals surface area contributed by atoms with Crippen molar-refractivity contribution in [2.75, 3.05) is 0 Å². The van der Waals surface area contributed by atoms with Crippen molar-refractivity contribution in [1.82, 2.24) is 19.9 Å². The van der Waals surface area contributed by atoms with E-state index in [9.17, 15) is 0 Å². The van der Waals surface area contributed by atoms with Crippen molar-refractivity contribution in [2.45, 2.75) is 209 Å². The Bertz CT molecular complexity index is 1400. The van der Waals surface area contributed by atoms with Gasteiger partial charge >= 0.3 is 0 Å². The van der Waals surface area contributed by atoms with Crippen molar-refractivity contribution in [3.63, 3.8) is 0 Å². The normalized spacial score (nSPS) is 13.0. The third-order valence-corrected chi connectivity index (χ3v) is 9.14. The van der Waals surface area contributed by atoms with Gasteiger partial charge in [-0.05, 0) is 48.5 Å². The van der Waals surface area contributed by atoms with Crippen molar-refractivity contribution in [2.24, 2.45) is 0 Å². The van der Waals surface area contributed by atoms with Crippen LogP contribution in [0.5, 0.6) is 0 Å². The van der Waals surface area contributed by atoms with Crippen molar-refractivity contribution in [1.29, 1.82) is 0 Å². The van der Waals surface area contributed by atoms with Crippen LogP contribution in [0.3, 0.4) is 0 Å². The number of hydrogen-bond acceptors (Lipinski definition) is 4. The molecule has 4 aromatic heterocycles. The Morgan fingerprint density at radius 1 is 0.196 bits per heavy atom. The number of pyridine rings is 4. The summed E-state index contributed by atoms with van der Waals surface area (Å²) in [4.78, 5) is 18.9. The first kappa shape index (κ1) is 50.6. The minimum Gasteiger partial charge on any atom is -0.257 e. The molecule has 4 rings (SSSR count). The van der Waals surface area contributed by atoms with Gasteiger partial charge in [-0.25, -0.2) is 0 Å². The Morgan fingerprint density at radius 3 is 0.357 bits per heavy atom. The summed E-state index contributed by atoms with van der Waals surface area (Å²) >= 11 is 0. The minimum absolute atomic E-state index is 0.140. The van der Waals surface area contributed by atoms with Crippen LogP contribution in [0.1, 0.15) is 212 Å². The molecular formula is C52H84N4. The van der Waals surface area contributed by atoms with Gasteiger partial charge in [-0.15, -0.1) is 0 Å². The molecule has 0 radical (unpaired) electrons. The first-order valence-corrected chi connectivity index (χ1v) is 20.8. The topological polar surface area (TPSA) is 51.6 Å². The molecule has 0 amide bonds. The molecule has 0 aliphatic carbocycles. The molecule has 4 nitrogen and oxygen atoms in total. The maximum absolute atomic E-state index is 4.72. The Morgan fingerprint density at radius 2 is 0.286 bits per heavy atom. The largest absolute Gasteiger partial charge is 0.257 e. The van der Waals surface area contributed by atoms with E-state index in [1.807, 2.05) is 0 Å². The Labute approximate surface area is 346 Å². The fraction of sp³-hybridized carbons (Fsp3) is 0.615. The van der Waals surface area contributed by atoms with E-state index in [0.29, 0.717) is 0 Å². The molecule has 0 aromatic carbocycles. The van der Waals surface area contributed by atoms with Gasteiger partial charge in [0.15, 0.2) is 0 Å². The van der Waals surface area contributed by atoms with E-state index in [0.717, 1.165) is 0 Å². The lowest BCUT2D eigenvalue weighted by Gasteiger charge is -2.23. The molecule has 0 N–H and O–H groups in total. The van der Waals surface area contributed by atoms with Crippen molar-refractivity contribution >= 4 is 0 Å². The van der Waals surface area contributed by atoms with Crippen LogP contribution in [-0.2, 0) is 43.3 Å². The summed E-state index contributed by atoms with van der Waals surface area (Å²) in [6, 6.07) is 25.3. The van der Waals surface area contributed by atoms with Gasteiger partial charge in [0, 0.05) is 88.9 Å². The highest BCUT2D eigenvalue weighted by Crippen LogP contribution is 2.28. The van der Waals surface area contributed by atoms with Gasteiger partial charge in [0.25, 0.3) is 0 Å².